The number of nitro groups is 1. The first-order valence-electron chi connectivity index (χ1n) is 6.11. The van der Waals surface area contributed by atoms with Crippen LogP contribution in [0.1, 0.15) is 26.7 Å². The number of rotatable bonds is 7. The zero-order valence-electron chi connectivity index (χ0n) is 11.3. The van der Waals surface area contributed by atoms with Crippen molar-refractivity contribution in [1.82, 2.24) is 9.97 Å². The third kappa shape index (κ3) is 3.75. The van der Waals surface area contributed by atoms with Crippen molar-refractivity contribution in [3.05, 3.63) is 16.3 Å². The fraction of sp³-hybridized carbons (Fsp3) is 0.636. The maximum atomic E-state index is 10.9. The van der Waals surface area contributed by atoms with Crippen molar-refractivity contribution in [2.45, 2.75) is 32.3 Å². The zero-order valence-corrected chi connectivity index (χ0v) is 11.3. The van der Waals surface area contributed by atoms with Gasteiger partial charge in [0.05, 0.1) is 10.5 Å². The molecule has 1 rings (SSSR count). The molecular formula is C11H19N5O3. The van der Waals surface area contributed by atoms with E-state index in [1.54, 1.807) is 7.05 Å². The Morgan fingerprint density at radius 2 is 2.11 bits per heavy atom. The molecule has 8 heteroatoms. The summed E-state index contributed by atoms with van der Waals surface area (Å²) in [7, 11) is 1.62. The molecule has 0 bridgehead atoms. The lowest BCUT2D eigenvalue weighted by Gasteiger charge is -2.25. The average molecular weight is 269 g/mol. The van der Waals surface area contributed by atoms with Gasteiger partial charge in [0.1, 0.15) is 6.20 Å². The van der Waals surface area contributed by atoms with Gasteiger partial charge in [0.2, 0.25) is 11.8 Å². The second kappa shape index (κ2) is 6.28. The summed E-state index contributed by atoms with van der Waals surface area (Å²) in [6.07, 6.45) is 2.24. The molecule has 3 N–H and O–H groups in total. The van der Waals surface area contributed by atoms with Gasteiger partial charge in [0.15, 0.2) is 0 Å². The Morgan fingerprint density at radius 3 is 2.58 bits per heavy atom. The number of aromatic nitrogens is 2. The average Bonchev–Trinajstić information content (AvgIpc) is 2.44. The lowest BCUT2D eigenvalue weighted by atomic mass is 9.98. The summed E-state index contributed by atoms with van der Waals surface area (Å²) in [6.45, 7) is 3.91. The summed E-state index contributed by atoms with van der Waals surface area (Å²) in [5.41, 5.74) is -1.12. The highest BCUT2D eigenvalue weighted by Crippen LogP contribution is 2.23. The molecule has 0 atom stereocenters. The Balaban J connectivity index is 2.95. The fourth-order valence-corrected chi connectivity index (χ4v) is 1.51. The van der Waals surface area contributed by atoms with Crippen molar-refractivity contribution in [1.29, 1.82) is 0 Å². The zero-order chi connectivity index (χ0) is 14.5. The van der Waals surface area contributed by atoms with Crippen LogP contribution in [0.2, 0.25) is 0 Å². The van der Waals surface area contributed by atoms with Gasteiger partial charge in [0.25, 0.3) is 0 Å². The van der Waals surface area contributed by atoms with Gasteiger partial charge in [-0.2, -0.15) is 4.98 Å². The fourth-order valence-electron chi connectivity index (χ4n) is 1.51. The van der Waals surface area contributed by atoms with Crippen LogP contribution in [-0.4, -0.2) is 39.2 Å². The smallest absolute Gasteiger partial charge is 0.329 e. The van der Waals surface area contributed by atoms with Crippen molar-refractivity contribution in [2.24, 2.45) is 0 Å². The number of anilines is 2. The van der Waals surface area contributed by atoms with Crippen LogP contribution >= 0.6 is 0 Å². The van der Waals surface area contributed by atoms with E-state index in [0.29, 0.717) is 12.8 Å². The minimum Gasteiger partial charge on any atom is -0.388 e. The standard InChI is InChI=1S/C11H19N5O3/c1-4-11(17,5-2)7-14-9-8(16(18)19)6-13-10(12-3)15-9/h6,17H,4-5,7H2,1-3H3,(H2,12,13,14,15). The van der Waals surface area contributed by atoms with Crippen molar-refractivity contribution in [2.75, 3.05) is 24.2 Å². The van der Waals surface area contributed by atoms with E-state index in [1.807, 2.05) is 13.8 Å². The molecular weight excluding hydrogens is 250 g/mol. The highest BCUT2D eigenvalue weighted by atomic mass is 16.6. The van der Waals surface area contributed by atoms with E-state index < -0.39 is 10.5 Å². The number of nitrogens with zero attached hydrogens (tertiary/aromatic N) is 3. The Labute approximate surface area is 111 Å². The summed E-state index contributed by atoms with van der Waals surface area (Å²) < 4.78 is 0. The van der Waals surface area contributed by atoms with Gasteiger partial charge in [-0.15, -0.1) is 0 Å². The lowest BCUT2D eigenvalue weighted by Crippen LogP contribution is -2.35. The second-order valence-electron chi connectivity index (χ2n) is 4.22. The molecule has 0 saturated carbocycles. The third-order valence-corrected chi connectivity index (χ3v) is 3.09. The molecule has 0 aromatic carbocycles. The molecule has 106 valence electrons. The van der Waals surface area contributed by atoms with Crippen LogP contribution in [0.4, 0.5) is 17.5 Å². The van der Waals surface area contributed by atoms with Crippen LogP contribution in [0, 0.1) is 10.1 Å². The normalized spacial score (nSPS) is 11.2. The molecule has 0 aliphatic heterocycles. The molecule has 0 radical (unpaired) electrons. The summed E-state index contributed by atoms with van der Waals surface area (Å²) >= 11 is 0. The van der Waals surface area contributed by atoms with Gasteiger partial charge in [-0.3, -0.25) is 10.1 Å². The highest BCUT2D eigenvalue weighted by Gasteiger charge is 2.24. The molecule has 1 aromatic rings. The predicted molar refractivity (Wildman–Crippen MR) is 72.3 cm³/mol. The monoisotopic (exact) mass is 269 g/mol. The van der Waals surface area contributed by atoms with E-state index in [-0.39, 0.29) is 24.0 Å². The van der Waals surface area contributed by atoms with Crippen molar-refractivity contribution in [3.8, 4) is 0 Å². The first-order valence-corrected chi connectivity index (χ1v) is 6.11. The first kappa shape index (κ1) is 15.1. The van der Waals surface area contributed by atoms with E-state index in [0.717, 1.165) is 6.20 Å². The minimum atomic E-state index is -0.904. The first-order chi connectivity index (χ1) is 8.95. The minimum absolute atomic E-state index is 0.102. The molecule has 0 amide bonds. The lowest BCUT2D eigenvalue weighted by molar-refractivity contribution is -0.384. The molecule has 0 unspecified atom stereocenters. The summed E-state index contributed by atoms with van der Waals surface area (Å²) in [5, 5.41) is 26.6. The SMILES string of the molecule is CCC(O)(CC)CNc1nc(NC)ncc1[N+](=O)[O-]. The Bertz CT molecular complexity index is 448. The van der Waals surface area contributed by atoms with Gasteiger partial charge in [0, 0.05) is 13.6 Å². The largest absolute Gasteiger partial charge is 0.388 e. The third-order valence-electron chi connectivity index (χ3n) is 3.09. The van der Waals surface area contributed by atoms with Crippen LogP contribution in [0.3, 0.4) is 0 Å². The molecule has 0 aliphatic carbocycles. The van der Waals surface area contributed by atoms with Gasteiger partial charge in [-0.05, 0) is 12.8 Å². The molecule has 1 heterocycles. The van der Waals surface area contributed by atoms with Crippen LogP contribution in [0.25, 0.3) is 0 Å². The Kier molecular flexibility index (Phi) is 4.99. The number of aliphatic hydroxyl groups is 1. The second-order valence-corrected chi connectivity index (χ2v) is 4.22. The maximum absolute atomic E-state index is 10.9. The predicted octanol–water partition coefficient (Wildman–Crippen LogP) is 1.39. The van der Waals surface area contributed by atoms with Gasteiger partial charge >= 0.3 is 5.69 Å². The van der Waals surface area contributed by atoms with Crippen molar-refractivity contribution >= 4 is 17.5 Å². The van der Waals surface area contributed by atoms with Gasteiger partial charge in [-0.25, -0.2) is 4.98 Å². The molecule has 1 aromatic heterocycles. The van der Waals surface area contributed by atoms with E-state index in [9.17, 15) is 15.2 Å². The number of hydrogen-bond acceptors (Lipinski definition) is 7. The van der Waals surface area contributed by atoms with Crippen LogP contribution in [0.15, 0.2) is 6.20 Å². The molecule has 8 nitrogen and oxygen atoms in total. The molecule has 0 saturated heterocycles. The summed E-state index contributed by atoms with van der Waals surface area (Å²) in [4.78, 5) is 18.1. The van der Waals surface area contributed by atoms with Crippen molar-refractivity contribution in [3.63, 3.8) is 0 Å². The number of hydrogen-bond donors (Lipinski definition) is 3. The van der Waals surface area contributed by atoms with E-state index in [1.165, 1.54) is 0 Å². The van der Waals surface area contributed by atoms with Crippen LogP contribution in [-0.2, 0) is 0 Å². The quantitative estimate of drug-likeness (QED) is 0.506. The van der Waals surface area contributed by atoms with E-state index >= 15 is 0 Å². The Morgan fingerprint density at radius 1 is 1.47 bits per heavy atom. The maximum Gasteiger partial charge on any atom is 0.329 e. The van der Waals surface area contributed by atoms with Crippen LogP contribution in [0.5, 0.6) is 0 Å². The molecule has 0 fully saturated rings. The summed E-state index contributed by atoms with van der Waals surface area (Å²) in [5.74, 6) is 0.384. The summed E-state index contributed by atoms with van der Waals surface area (Å²) in [6, 6.07) is 0. The Hall–Kier alpha value is -1.96. The van der Waals surface area contributed by atoms with Gasteiger partial charge < -0.3 is 15.7 Å². The van der Waals surface area contributed by atoms with Crippen LogP contribution < -0.4 is 10.6 Å². The molecule has 0 aliphatic rings. The topological polar surface area (TPSA) is 113 Å². The van der Waals surface area contributed by atoms with E-state index in [2.05, 4.69) is 20.6 Å². The molecule has 19 heavy (non-hydrogen) atoms. The van der Waals surface area contributed by atoms with E-state index in [4.69, 9.17) is 0 Å². The molecule has 0 spiro atoms. The van der Waals surface area contributed by atoms with Gasteiger partial charge in [-0.1, -0.05) is 13.8 Å². The highest BCUT2D eigenvalue weighted by molar-refractivity contribution is 5.57. The van der Waals surface area contributed by atoms with Crippen molar-refractivity contribution < 1.29 is 10.0 Å². The number of nitrogens with one attached hydrogen (secondary N) is 2.